The fraction of sp³-hybridized carbons (Fsp3) is 0.952. The molecule has 1 radical (unpaired) electrons. The lowest BCUT2D eigenvalue weighted by molar-refractivity contribution is -0.303. The molecule has 0 bridgehead atoms. The van der Waals surface area contributed by atoms with Crippen LogP contribution in [-0.4, -0.2) is 24.6 Å². The molecule has 0 heterocycles. The molecule has 5 heteroatoms. The van der Waals surface area contributed by atoms with Crippen LogP contribution in [0.4, 0.5) is 17.6 Å². The van der Waals surface area contributed by atoms with Crippen molar-refractivity contribution < 1.29 is 22.3 Å². The van der Waals surface area contributed by atoms with E-state index < -0.39 is 30.5 Å². The van der Waals surface area contributed by atoms with E-state index in [9.17, 15) is 17.6 Å². The fourth-order valence-electron chi connectivity index (χ4n) is 5.17. The van der Waals surface area contributed by atoms with E-state index in [0.29, 0.717) is 18.8 Å². The highest BCUT2D eigenvalue weighted by atomic mass is 19.3. The third kappa shape index (κ3) is 4.94. The van der Waals surface area contributed by atoms with Gasteiger partial charge in [-0.1, -0.05) is 13.3 Å². The standard InChI is InChI=1S/C21H33F4O/c1-2-14-3-5-15(6-4-14)16-7-9-17(10-8-16)21(24,25)26-18-11-12-19(22)20(23)13-18/h14,16-20H,2-13H2,1H3. The second-order valence-electron chi connectivity index (χ2n) is 8.71. The summed E-state index contributed by atoms with van der Waals surface area (Å²) in [4.78, 5) is 0. The van der Waals surface area contributed by atoms with Crippen LogP contribution in [0, 0.1) is 23.7 Å². The molecule has 0 N–H and O–H groups in total. The zero-order valence-corrected chi connectivity index (χ0v) is 15.9. The van der Waals surface area contributed by atoms with Gasteiger partial charge in [-0.15, -0.1) is 0 Å². The van der Waals surface area contributed by atoms with Gasteiger partial charge in [0, 0.05) is 6.42 Å². The highest BCUT2D eigenvalue weighted by Crippen LogP contribution is 2.47. The maximum atomic E-state index is 14.5. The molecule has 0 aromatic rings. The monoisotopic (exact) mass is 377 g/mol. The maximum Gasteiger partial charge on any atom is 0.358 e. The fourth-order valence-corrected chi connectivity index (χ4v) is 5.17. The minimum absolute atomic E-state index is 0.0221. The Morgan fingerprint density at radius 2 is 1.54 bits per heavy atom. The first-order chi connectivity index (χ1) is 12.4. The van der Waals surface area contributed by atoms with E-state index in [1.165, 1.54) is 32.1 Å². The van der Waals surface area contributed by atoms with Crippen molar-refractivity contribution >= 4 is 0 Å². The minimum atomic E-state index is -3.22. The lowest BCUT2D eigenvalue weighted by atomic mass is 9.69. The second kappa shape index (κ2) is 8.79. The highest BCUT2D eigenvalue weighted by Gasteiger charge is 2.46. The third-order valence-corrected chi connectivity index (χ3v) is 7.07. The molecule has 1 nitrogen and oxygen atoms in total. The number of alkyl halides is 4. The van der Waals surface area contributed by atoms with Crippen molar-refractivity contribution in [1.29, 1.82) is 0 Å². The van der Waals surface area contributed by atoms with Gasteiger partial charge in [0.25, 0.3) is 0 Å². The molecule has 3 aliphatic rings. The smallest absolute Gasteiger partial charge is 0.317 e. The van der Waals surface area contributed by atoms with Crippen molar-refractivity contribution in [3.63, 3.8) is 0 Å². The summed E-state index contributed by atoms with van der Waals surface area (Å²) in [6.45, 7) is 2.24. The van der Waals surface area contributed by atoms with Gasteiger partial charge in [-0.05, 0) is 82.0 Å². The summed E-state index contributed by atoms with van der Waals surface area (Å²) in [5, 5.41) is 0. The Bertz CT molecular complexity index is 428. The van der Waals surface area contributed by atoms with Crippen molar-refractivity contribution in [1.82, 2.24) is 0 Å². The van der Waals surface area contributed by atoms with Gasteiger partial charge in [-0.2, -0.15) is 8.78 Å². The number of hydrogen-bond donors (Lipinski definition) is 0. The van der Waals surface area contributed by atoms with Crippen molar-refractivity contribution in [2.45, 2.75) is 109 Å². The van der Waals surface area contributed by atoms with Gasteiger partial charge >= 0.3 is 6.11 Å². The minimum Gasteiger partial charge on any atom is -0.317 e. The summed E-state index contributed by atoms with van der Waals surface area (Å²) in [6, 6.07) is 0. The third-order valence-electron chi connectivity index (χ3n) is 7.07. The topological polar surface area (TPSA) is 9.23 Å². The predicted molar refractivity (Wildman–Crippen MR) is 94.4 cm³/mol. The van der Waals surface area contributed by atoms with Gasteiger partial charge in [-0.3, -0.25) is 0 Å². The highest BCUT2D eigenvalue weighted by molar-refractivity contribution is 5.01. The molecule has 3 aliphatic carbocycles. The summed E-state index contributed by atoms with van der Waals surface area (Å²) >= 11 is 0. The zero-order chi connectivity index (χ0) is 18.7. The van der Waals surface area contributed by atoms with E-state index in [1.54, 1.807) is 5.92 Å². The van der Waals surface area contributed by atoms with Gasteiger partial charge < -0.3 is 4.74 Å². The molecule has 3 fully saturated rings. The van der Waals surface area contributed by atoms with Gasteiger partial charge in [0.2, 0.25) is 0 Å². The first-order valence-electron chi connectivity index (χ1n) is 10.6. The SMILES string of the molecule is CCC1CC[C](C2CCC(C(F)(F)OC3CCC(F)C(F)C3)CC2)CC1. The molecule has 3 rings (SSSR count). The molecule has 3 unspecified atom stereocenters. The Morgan fingerprint density at radius 1 is 0.885 bits per heavy atom. The van der Waals surface area contributed by atoms with Gasteiger partial charge in [-0.25, -0.2) is 8.78 Å². The molecule has 3 saturated carbocycles. The Balaban J connectivity index is 1.44. The van der Waals surface area contributed by atoms with Crippen LogP contribution in [0.1, 0.15) is 84.0 Å². The van der Waals surface area contributed by atoms with Crippen LogP contribution < -0.4 is 0 Å². The number of rotatable bonds is 5. The summed E-state index contributed by atoms with van der Waals surface area (Å²) in [6.07, 6.45) is 1.31. The number of ether oxygens (including phenoxy) is 1. The molecule has 151 valence electrons. The lowest BCUT2D eigenvalue weighted by Crippen LogP contribution is -2.41. The second-order valence-corrected chi connectivity index (χ2v) is 8.71. The zero-order valence-electron chi connectivity index (χ0n) is 15.9. The van der Waals surface area contributed by atoms with Gasteiger partial charge in [0.1, 0.15) is 12.3 Å². The Kier molecular flexibility index (Phi) is 6.90. The molecule has 0 aliphatic heterocycles. The largest absolute Gasteiger partial charge is 0.358 e. The summed E-state index contributed by atoms with van der Waals surface area (Å²) in [5.74, 6) is 2.15. The molecule has 0 aromatic heterocycles. The predicted octanol–water partition coefficient (Wildman–Crippen LogP) is 6.81. The van der Waals surface area contributed by atoms with E-state index in [2.05, 4.69) is 6.92 Å². The van der Waals surface area contributed by atoms with Crippen LogP contribution in [-0.2, 0) is 4.74 Å². The van der Waals surface area contributed by atoms with Crippen LogP contribution in [0.15, 0.2) is 0 Å². The van der Waals surface area contributed by atoms with E-state index in [-0.39, 0.29) is 19.3 Å². The van der Waals surface area contributed by atoms with E-state index in [4.69, 9.17) is 4.74 Å². The van der Waals surface area contributed by atoms with E-state index >= 15 is 0 Å². The Morgan fingerprint density at radius 3 is 2.12 bits per heavy atom. The first kappa shape index (κ1) is 20.4. The molecule has 0 amide bonds. The van der Waals surface area contributed by atoms with E-state index in [0.717, 1.165) is 18.8 Å². The van der Waals surface area contributed by atoms with Gasteiger partial charge in [0.05, 0.1) is 12.0 Å². The van der Waals surface area contributed by atoms with Crippen LogP contribution in [0.3, 0.4) is 0 Å². The average molecular weight is 377 g/mol. The van der Waals surface area contributed by atoms with Crippen molar-refractivity contribution in [3.8, 4) is 0 Å². The molecule has 0 saturated heterocycles. The molecule has 0 aromatic carbocycles. The first-order valence-corrected chi connectivity index (χ1v) is 10.6. The molecular formula is C21H33F4O. The van der Waals surface area contributed by atoms with Crippen molar-refractivity contribution in [2.75, 3.05) is 0 Å². The summed E-state index contributed by atoms with van der Waals surface area (Å²) in [5.41, 5.74) is 0. The Hall–Kier alpha value is -0.320. The molecule has 0 spiro atoms. The average Bonchev–Trinajstić information content (AvgIpc) is 2.65. The molecular weight excluding hydrogens is 344 g/mol. The van der Waals surface area contributed by atoms with Crippen molar-refractivity contribution in [3.05, 3.63) is 5.92 Å². The summed E-state index contributed by atoms with van der Waals surface area (Å²) < 4.78 is 60.7. The quantitative estimate of drug-likeness (QED) is 0.478. The number of hydrogen-bond acceptors (Lipinski definition) is 1. The molecule has 3 atom stereocenters. The van der Waals surface area contributed by atoms with Crippen molar-refractivity contribution in [2.24, 2.45) is 17.8 Å². The lowest BCUT2D eigenvalue weighted by Gasteiger charge is -2.40. The van der Waals surface area contributed by atoms with Crippen LogP contribution in [0.2, 0.25) is 0 Å². The van der Waals surface area contributed by atoms with Crippen LogP contribution in [0.5, 0.6) is 0 Å². The summed E-state index contributed by atoms with van der Waals surface area (Å²) in [7, 11) is 0. The van der Waals surface area contributed by atoms with E-state index in [1.807, 2.05) is 0 Å². The number of halogens is 4. The van der Waals surface area contributed by atoms with Gasteiger partial charge in [0.15, 0.2) is 0 Å². The normalized spacial score (nSPS) is 38.4. The maximum absolute atomic E-state index is 14.5. The van der Waals surface area contributed by atoms with Crippen LogP contribution >= 0.6 is 0 Å². The molecule has 26 heavy (non-hydrogen) atoms. The Labute approximate surface area is 155 Å². The van der Waals surface area contributed by atoms with Crippen LogP contribution in [0.25, 0.3) is 0 Å².